The number of rotatable bonds is 7. The monoisotopic (exact) mass is 401 g/mol. The third-order valence-corrected chi connectivity index (χ3v) is 4.47. The first-order valence-corrected chi connectivity index (χ1v) is 9.07. The molecule has 0 radical (unpaired) electrons. The minimum atomic E-state index is -0.637. The van der Waals surface area contributed by atoms with Gasteiger partial charge in [0.2, 0.25) is 0 Å². The van der Waals surface area contributed by atoms with Crippen molar-refractivity contribution in [3.63, 3.8) is 0 Å². The summed E-state index contributed by atoms with van der Waals surface area (Å²) in [7, 11) is 2.51. The smallest absolute Gasteiger partial charge is 0.355 e. The minimum Gasteiger partial charge on any atom is -0.487 e. The number of anilines is 1. The molecule has 0 amide bonds. The second kappa shape index (κ2) is 9.24. The molecule has 0 fully saturated rings. The minimum absolute atomic E-state index is 0.0279. The Morgan fingerprint density at radius 3 is 2.48 bits per heavy atom. The van der Waals surface area contributed by atoms with Crippen molar-refractivity contribution >= 4 is 17.6 Å². The summed E-state index contributed by atoms with van der Waals surface area (Å²) >= 11 is 0. The Morgan fingerprint density at radius 2 is 1.83 bits per heavy atom. The molecular weight excluding hydrogens is 378 g/mol. The summed E-state index contributed by atoms with van der Waals surface area (Å²) in [5.74, 6) is -0.614. The van der Waals surface area contributed by atoms with Crippen LogP contribution in [0, 0.1) is 0 Å². The number of esters is 2. The summed E-state index contributed by atoms with van der Waals surface area (Å²) in [5, 5.41) is 4.21. The SMILES string of the molecule is CCn1nccc1COc1ccc(N2COCC(C(=O)OC)=C2C(=O)OC)cc1. The van der Waals surface area contributed by atoms with Gasteiger partial charge in [0.1, 0.15) is 24.8 Å². The maximum absolute atomic E-state index is 12.3. The molecule has 0 aliphatic carbocycles. The van der Waals surface area contributed by atoms with Gasteiger partial charge in [-0.1, -0.05) is 0 Å². The van der Waals surface area contributed by atoms with Gasteiger partial charge in [-0.3, -0.25) is 4.68 Å². The van der Waals surface area contributed by atoms with Crippen molar-refractivity contribution in [1.29, 1.82) is 0 Å². The Morgan fingerprint density at radius 1 is 1.10 bits per heavy atom. The first kappa shape index (κ1) is 20.4. The van der Waals surface area contributed by atoms with E-state index in [9.17, 15) is 9.59 Å². The van der Waals surface area contributed by atoms with Gasteiger partial charge < -0.3 is 23.8 Å². The highest BCUT2D eigenvalue weighted by Crippen LogP contribution is 2.28. The fourth-order valence-corrected chi connectivity index (χ4v) is 2.99. The zero-order valence-electron chi connectivity index (χ0n) is 16.6. The fourth-order valence-electron chi connectivity index (χ4n) is 2.99. The Hall–Kier alpha value is -3.33. The summed E-state index contributed by atoms with van der Waals surface area (Å²) in [6.07, 6.45) is 1.74. The molecule has 0 unspecified atom stereocenters. The molecule has 2 aromatic rings. The third-order valence-electron chi connectivity index (χ3n) is 4.47. The van der Waals surface area contributed by atoms with E-state index in [-0.39, 0.29) is 24.6 Å². The normalized spacial score (nSPS) is 14.0. The lowest BCUT2D eigenvalue weighted by Crippen LogP contribution is -2.38. The third kappa shape index (κ3) is 4.40. The van der Waals surface area contributed by atoms with Crippen molar-refractivity contribution in [3.05, 3.63) is 53.5 Å². The zero-order chi connectivity index (χ0) is 20.8. The van der Waals surface area contributed by atoms with Gasteiger partial charge in [-0.2, -0.15) is 5.10 Å². The number of aromatic nitrogens is 2. The second-order valence-electron chi connectivity index (χ2n) is 6.14. The van der Waals surface area contributed by atoms with Crippen LogP contribution in [0.2, 0.25) is 0 Å². The van der Waals surface area contributed by atoms with Crippen LogP contribution in [0.3, 0.4) is 0 Å². The predicted molar refractivity (Wildman–Crippen MR) is 103 cm³/mol. The summed E-state index contributed by atoms with van der Waals surface area (Å²) in [6, 6.07) is 9.02. The maximum Gasteiger partial charge on any atom is 0.355 e. The van der Waals surface area contributed by atoms with Gasteiger partial charge in [-0.25, -0.2) is 9.59 Å². The molecule has 2 heterocycles. The highest BCUT2D eigenvalue weighted by molar-refractivity contribution is 6.03. The van der Waals surface area contributed by atoms with E-state index in [2.05, 4.69) is 5.10 Å². The molecule has 154 valence electrons. The molecule has 1 aliphatic heterocycles. The summed E-state index contributed by atoms with van der Waals surface area (Å²) in [4.78, 5) is 25.9. The molecular formula is C20H23N3O6. The van der Waals surface area contributed by atoms with Crippen LogP contribution >= 0.6 is 0 Å². The van der Waals surface area contributed by atoms with Crippen LogP contribution in [0.15, 0.2) is 47.8 Å². The summed E-state index contributed by atoms with van der Waals surface area (Å²) in [5.41, 5.74) is 1.84. The topological polar surface area (TPSA) is 92.1 Å². The van der Waals surface area contributed by atoms with Crippen LogP contribution in [0.4, 0.5) is 5.69 Å². The van der Waals surface area contributed by atoms with Crippen LogP contribution in [0.25, 0.3) is 0 Å². The number of hydrogen-bond donors (Lipinski definition) is 0. The number of aryl methyl sites for hydroxylation is 1. The molecule has 1 aromatic carbocycles. The average molecular weight is 401 g/mol. The van der Waals surface area contributed by atoms with Crippen molar-refractivity contribution in [2.24, 2.45) is 0 Å². The van der Waals surface area contributed by atoms with Gasteiger partial charge in [-0.05, 0) is 37.3 Å². The molecule has 0 spiro atoms. The van der Waals surface area contributed by atoms with E-state index in [1.54, 1.807) is 35.4 Å². The highest BCUT2D eigenvalue weighted by Gasteiger charge is 2.32. The Kier molecular flexibility index (Phi) is 6.50. The maximum atomic E-state index is 12.3. The number of carbonyl (C=O) groups excluding carboxylic acids is 2. The van der Waals surface area contributed by atoms with Crippen molar-refractivity contribution in [1.82, 2.24) is 9.78 Å². The number of benzene rings is 1. The second-order valence-corrected chi connectivity index (χ2v) is 6.14. The predicted octanol–water partition coefficient (Wildman–Crippen LogP) is 1.88. The molecule has 1 aliphatic rings. The van der Waals surface area contributed by atoms with E-state index in [0.29, 0.717) is 18.0 Å². The molecule has 0 saturated heterocycles. The average Bonchev–Trinajstić information content (AvgIpc) is 3.24. The molecule has 9 nitrogen and oxygen atoms in total. The van der Waals surface area contributed by atoms with Gasteiger partial charge >= 0.3 is 11.9 Å². The summed E-state index contributed by atoms with van der Waals surface area (Å²) in [6.45, 7) is 3.24. The van der Waals surface area contributed by atoms with Gasteiger partial charge in [0.25, 0.3) is 0 Å². The molecule has 0 saturated carbocycles. The molecule has 0 atom stereocenters. The van der Waals surface area contributed by atoms with Gasteiger partial charge in [-0.15, -0.1) is 0 Å². The standard InChI is InChI=1S/C20H23N3O6/c1-4-23-15(9-10-21-23)11-29-16-7-5-14(6-8-16)22-13-28-12-17(19(24)26-2)18(22)20(25)27-3/h5-10H,4,11-13H2,1-3H3. The van der Waals surface area contributed by atoms with Gasteiger partial charge in [0.15, 0.2) is 0 Å². The molecule has 9 heteroatoms. The van der Waals surface area contributed by atoms with Crippen LogP contribution in [-0.2, 0) is 37.0 Å². The van der Waals surface area contributed by atoms with Crippen molar-refractivity contribution < 1.29 is 28.5 Å². The number of carbonyl (C=O) groups is 2. The van der Waals surface area contributed by atoms with E-state index in [1.807, 2.05) is 17.7 Å². The lowest BCUT2D eigenvalue weighted by Gasteiger charge is -2.31. The fraction of sp³-hybridized carbons (Fsp3) is 0.350. The molecule has 29 heavy (non-hydrogen) atoms. The van der Waals surface area contributed by atoms with E-state index >= 15 is 0 Å². The van der Waals surface area contributed by atoms with Gasteiger partial charge in [0, 0.05) is 18.4 Å². The van der Waals surface area contributed by atoms with Crippen molar-refractivity contribution in [3.8, 4) is 5.75 Å². The van der Waals surface area contributed by atoms with E-state index in [1.165, 1.54) is 14.2 Å². The molecule has 0 N–H and O–H groups in total. The number of ether oxygens (including phenoxy) is 4. The lowest BCUT2D eigenvalue weighted by atomic mass is 10.1. The highest BCUT2D eigenvalue weighted by atomic mass is 16.5. The van der Waals surface area contributed by atoms with Crippen LogP contribution in [-0.4, -0.2) is 49.3 Å². The van der Waals surface area contributed by atoms with Crippen LogP contribution < -0.4 is 9.64 Å². The largest absolute Gasteiger partial charge is 0.487 e. The van der Waals surface area contributed by atoms with E-state index in [0.717, 1.165) is 12.2 Å². The van der Waals surface area contributed by atoms with Crippen molar-refractivity contribution in [2.75, 3.05) is 32.5 Å². The van der Waals surface area contributed by atoms with Crippen LogP contribution in [0.1, 0.15) is 12.6 Å². The van der Waals surface area contributed by atoms with Crippen LogP contribution in [0.5, 0.6) is 5.75 Å². The molecule has 1 aromatic heterocycles. The van der Waals surface area contributed by atoms with Crippen molar-refractivity contribution in [2.45, 2.75) is 20.1 Å². The molecule has 0 bridgehead atoms. The summed E-state index contributed by atoms with van der Waals surface area (Å²) < 4.78 is 22.8. The first-order chi connectivity index (χ1) is 14.1. The lowest BCUT2D eigenvalue weighted by molar-refractivity contribution is -0.140. The number of hydrogen-bond acceptors (Lipinski definition) is 8. The Balaban J connectivity index is 1.80. The van der Waals surface area contributed by atoms with Gasteiger partial charge in [0.05, 0.1) is 32.1 Å². The van der Waals surface area contributed by atoms with E-state index < -0.39 is 11.9 Å². The Bertz CT molecular complexity index is 903. The zero-order valence-corrected chi connectivity index (χ0v) is 16.6. The first-order valence-electron chi connectivity index (χ1n) is 9.07. The molecule has 3 rings (SSSR count). The quantitative estimate of drug-likeness (QED) is 0.650. The Labute approximate surface area is 168 Å². The number of nitrogens with zero attached hydrogens (tertiary/aromatic N) is 3. The van der Waals surface area contributed by atoms with E-state index in [4.69, 9.17) is 18.9 Å². The number of methoxy groups -OCH3 is 2.